The molecule has 0 radical (unpaired) electrons. The third kappa shape index (κ3) is 2.25. The van der Waals surface area contributed by atoms with E-state index in [0.29, 0.717) is 5.41 Å². The molecule has 1 aliphatic rings. The van der Waals surface area contributed by atoms with Crippen LogP contribution in [0.4, 0.5) is 0 Å². The van der Waals surface area contributed by atoms with Crippen LogP contribution in [0.2, 0.25) is 0 Å². The molecule has 76 valence electrons. The highest BCUT2D eigenvalue weighted by atomic mass is 15.1. The van der Waals surface area contributed by atoms with Crippen LogP contribution < -0.4 is 0 Å². The normalized spacial score (nSPS) is 22.8. The van der Waals surface area contributed by atoms with Crippen molar-refractivity contribution in [3.05, 3.63) is 12.3 Å². The van der Waals surface area contributed by atoms with E-state index in [9.17, 15) is 0 Å². The fourth-order valence-electron chi connectivity index (χ4n) is 1.94. The van der Waals surface area contributed by atoms with Crippen LogP contribution >= 0.6 is 0 Å². The van der Waals surface area contributed by atoms with E-state index in [1.165, 1.54) is 31.6 Å². The van der Waals surface area contributed by atoms with Crippen LogP contribution in [0.25, 0.3) is 0 Å². The molecule has 2 nitrogen and oxygen atoms in total. The van der Waals surface area contributed by atoms with Crippen molar-refractivity contribution in [2.75, 3.05) is 34.2 Å². The van der Waals surface area contributed by atoms with Gasteiger partial charge in [-0.3, -0.25) is 0 Å². The zero-order valence-electron chi connectivity index (χ0n) is 9.43. The molecule has 0 atom stereocenters. The molecule has 1 aliphatic heterocycles. The van der Waals surface area contributed by atoms with Gasteiger partial charge in [0, 0.05) is 25.2 Å². The molecule has 0 saturated carbocycles. The van der Waals surface area contributed by atoms with Gasteiger partial charge in [-0.15, -0.1) is 0 Å². The zero-order valence-corrected chi connectivity index (χ0v) is 9.43. The summed E-state index contributed by atoms with van der Waals surface area (Å²) < 4.78 is 0. The van der Waals surface area contributed by atoms with Crippen LogP contribution in [-0.4, -0.2) is 44.0 Å². The van der Waals surface area contributed by atoms with E-state index in [2.05, 4.69) is 44.4 Å². The van der Waals surface area contributed by atoms with Crippen molar-refractivity contribution in [3.63, 3.8) is 0 Å². The smallest absolute Gasteiger partial charge is 0.0116 e. The topological polar surface area (TPSA) is 6.48 Å². The zero-order chi connectivity index (χ0) is 10.1. The fraction of sp³-hybridized carbons (Fsp3) is 0.818. The Kier molecular flexibility index (Phi) is 3.01. The van der Waals surface area contributed by atoms with Crippen LogP contribution in [-0.2, 0) is 0 Å². The van der Waals surface area contributed by atoms with Crippen molar-refractivity contribution in [2.45, 2.75) is 19.8 Å². The minimum atomic E-state index is 0.329. The summed E-state index contributed by atoms with van der Waals surface area (Å²) in [6.07, 6.45) is 2.47. The monoisotopic (exact) mass is 182 g/mol. The van der Waals surface area contributed by atoms with Gasteiger partial charge in [-0.2, -0.15) is 0 Å². The van der Waals surface area contributed by atoms with E-state index in [1.807, 2.05) is 0 Å². The molecule has 0 aromatic rings. The highest BCUT2D eigenvalue weighted by Gasteiger charge is 2.32. The second-order valence-corrected chi connectivity index (χ2v) is 4.71. The van der Waals surface area contributed by atoms with Gasteiger partial charge < -0.3 is 9.80 Å². The molecular formula is C11H22N2. The molecule has 0 amide bonds. The second kappa shape index (κ2) is 3.70. The van der Waals surface area contributed by atoms with E-state index in [0.717, 1.165) is 0 Å². The van der Waals surface area contributed by atoms with Crippen molar-refractivity contribution in [2.24, 2.45) is 5.41 Å². The van der Waals surface area contributed by atoms with E-state index in [1.54, 1.807) is 0 Å². The number of rotatable bonds is 2. The molecule has 0 spiro atoms. The van der Waals surface area contributed by atoms with Crippen LogP contribution in [0, 0.1) is 5.41 Å². The average molecular weight is 182 g/mol. The predicted molar refractivity (Wildman–Crippen MR) is 57.7 cm³/mol. The molecule has 2 heteroatoms. The number of piperidine rings is 1. The predicted octanol–water partition coefficient (Wildman–Crippen LogP) is 1.79. The molecule has 0 bridgehead atoms. The molecule has 1 fully saturated rings. The summed E-state index contributed by atoms with van der Waals surface area (Å²) in [5, 5.41) is 0. The minimum absolute atomic E-state index is 0.329. The van der Waals surface area contributed by atoms with Crippen LogP contribution in [0.3, 0.4) is 0 Å². The van der Waals surface area contributed by atoms with Gasteiger partial charge in [-0.25, -0.2) is 0 Å². The van der Waals surface area contributed by atoms with E-state index in [-0.39, 0.29) is 0 Å². The van der Waals surface area contributed by atoms with Gasteiger partial charge in [0.1, 0.15) is 0 Å². The van der Waals surface area contributed by atoms with Gasteiger partial charge in [-0.1, -0.05) is 13.5 Å². The maximum absolute atomic E-state index is 4.18. The Morgan fingerprint density at radius 2 is 1.77 bits per heavy atom. The summed E-state index contributed by atoms with van der Waals surface area (Å²) in [7, 11) is 6.37. The minimum Gasteiger partial charge on any atom is -0.381 e. The third-order valence-corrected chi connectivity index (χ3v) is 3.33. The van der Waals surface area contributed by atoms with Crippen molar-refractivity contribution < 1.29 is 0 Å². The van der Waals surface area contributed by atoms with Gasteiger partial charge in [0.15, 0.2) is 0 Å². The number of hydrogen-bond acceptors (Lipinski definition) is 2. The van der Waals surface area contributed by atoms with Gasteiger partial charge in [0.2, 0.25) is 0 Å². The average Bonchev–Trinajstić information content (AvgIpc) is 2.09. The largest absolute Gasteiger partial charge is 0.381 e. The Morgan fingerprint density at radius 1 is 1.31 bits per heavy atom. The Morgan fingerprint density at radius 3 is 2.15 bits per heavy atom. The van der Waals surface area contributed by atoms with Crippen molar-refractivity contribution in [3.8, 4) is 0 Å². The molecule has 1 rings (SSSR count). The molecule has 1 heterocycles. The molecule has 0 N–H and O–H groups in total. The molecule has 1 saturated heterocycles. The summed E-state index contributed by atoms with van der Waals surface area (Å²) in [4.78, 5) is 4.55. The maximum Gasteiger partial charge on any atom is 0.0116 e. The first kappa shape index (κ1) is 10.6. The second-order valence-electron chi connectivity index (χ2n) is 4.71. The van der Waals surface area contributed by atoms with E-state index in [4.69, 9.17) is 0 Å². The van der Waals surface area contributed by atoms with Crippen molar-refractivity contribution >= 4 is 0 Å². The lowest BCUT2D eigenvalue weighted by atomic mass is 9.77. The lowest BCUT2D eigenvalue weighted by Crippen LogP contribution is -2.39. The van der Waals surface area contributed by atoms with Gasteiger partial charge >= 0.3 is 0 Å². The summed E-state index contributed by atoms with van der Waals surface area (Å²) in [6, 6.07) is 0. The SMILES string of the molecule is C=C(N(C)C)C1(C)CCN(C)CC1. The van der Waals surface area contributed by atoms with Crippen LogP contribution in [0.5, 0.6) is 0 Å². The molecule has 0 aromatic carbocycles. The highest BCUT2D eigenvalue weighted by Crippen LogP contribution is 2.37. The standard InChI is InChI=1S/C11H22N2/c1-10(12(3)4)11(2)6-8-13(5)9-7-11/h1,6-9H2,2-5H3. The Hall–Kier alpha value is -0.500. The highest BCUT2D eigenvalue weighted by molar-refractivity contribution is 5.08. The van der Waals surface area contributed by atoms with Gasteiger partial charge in [0.05, 0.1) is 0 Å². The summed E-state index contributed by atoms with van der Waals surface area (Å²) >= 11 is 0. The lowest BCUT2D eigenvalue weighted by molar-refractivity contribution is 0.147. The van der Waals surface area contributed by atoms with Gasteiger partial charge in [-0.05, 0) is 33.0 Å². The first-order valence-corrected chi connectivity index (χ1v) is 5.01. The van der Waals surface area contributed by atoms with Crippen molar-refractivity contribution in [1.29, 1.82) is 0 Å². The van der Waals surface area contributed by atoms with E-state index >= 15 is 0 Å². The lowest BCUT2D eigenvalue weighted by Gasteiger charge is -2.41. The summed E-state index contributed by atoms with van der Waals surface area (Å²) in [5.41, 5.74) is 1.61. The number of allylic oxidation sites excluding steroid dienone is 1. The Balaban J connectivity index is 2.61. The summed E-state index contributed by atoms with van der Waals surface area (Å²) in [5.74, 6) is 0. The van der Waals surface area contributed by atoms with Crippen LogP contribution in [0.1, 0.15) is 19.8 Å². The first-order valence-electron chi connectivity index (χ1n) is 5.01. The quantitative estimate of drug-likeness (QED) is 0.642. The van der Waals surface area contributed by atoms with Crippen molar-refractivity contribution in [1.82, 2.24) is 9.80 Å². The first-order chi connectivity index (χ1) is 5.96. The summed E-state index contributed by atoms with van der Waals surface area (Å²) in [6.45, 7) is 8.91. The molecule has 0 aromatic heterocycles. The fourth-order valence-corrected chi connectivity index (χ4v) is 1.94. The molecule has 13 heavy (non-hydrogen) atoms. The molecular weight excluding hydrogens is 160 g/mol. The van der Waals surface area contributed by atoms with E-state index < -0.39 is 0 Å². The number of hydrogen-bond donors (Lipinski definition) is 0. The van der Waals surface area contributed by atoms with Crippen LogP contribution in [0.15, 0.2) is 12.3 Å². The third-order valence-electron chi connectivity index (χ3n) is 3.33. The number of likely N-dealkylation sites (tertiary alicyclic amines) is 1. The molecule has 0 aliphatic carbocycles. The maximum atomic E-state index is 4.18. The van der Waals surface area contributed by atoms with Gasteiger partial charge in [0.25, 0.3) is 0 Å². The Bertz CT molecular complexity index is 188. The number of nitrogens with zero attached hydrogens (tertiary/aromatic N) is 2. The Labute approximate surface area is 82.2 Å². The molecule has 0 unspecified atom stereocenters.